The number of non-ortho nitro benzene ring substituents is 1. The van der Waals surface area contributed by atoms with Crippen LogP contribution in [0, 0.1) is 16.0 Å². The van der Waals surface area contributed by atoms with E-state index in [4.69, 9.17) is 9.57 Å². The Balaban J connectivity index is 1.96. The van der Waals surface area contributed by atoms with Gasteiger partial charge in [0.05, 0.1) is 22.5 Å². The molecule has 0 saturated heterocycles. The first kappa shape index (κ1) is 24.9. The van der Waals surface area contributed by atoms with Gasteiger partial charge in [0.1, 0.15) is 5.60 Å². The van der Waals surface area contributed by atoms with Gasteiger partial charge >= 0.3 is 6.09 Å². The van der Waals surface area contributed by atoms with Crippen molar-refractivity contribution in [2.75, 3.05) is 19.7 Å². The number of hydrogen-bond acceptors (Lipinski definition) is 7. The second kappa shape index (κ2) is 9.62. The van der Waals surface area contributed by atoms with Crippen LogP contribution in [-0.4, -0.2) is 60.1 Å². The van der Waals surface area contributed by atoms with Crippen LogP contribution in [0.25, 0.3) is 0 Å². The van der Waals surface area contributed by atoms with Gasteiger partial charge in [0.25, 0.3) is 15.7 Å². The number of sulfonamides is 1. The van der Waals surface area contributed by atoms with Gasteiger partial charge in [-0.05, 0) is 57.2 Å². The summed E-state index contributed by atoms with van der Waals surface area (Å²) in [5.41, 5.74) is -0.0269. The van der Waals surface area contributed by atoms with Crippen molar-refractivity contribution in [2.24, 2.45) is 5.92 Å². The van der Waals surface area contributed by atoms with Crippen molar-refractivity contribution >= 4 is 21.8 Å². The van der Waals surface area contributed by atoms with Gasteiger partial charge in [-0.2, -0.15) is 0 Å². The molecule has 1 unspecified atom stereocenters. The SMILES string of the molecule is C=CCON(C1CN(C(=O)OC(C)(C)C)CC=C1C1CC1)S(=O)(=O)c1ccc([N+](=O)[O-])cc1. The summed E-state index contributed by atoms with van der Waals surface area (Å²) >= 11 is 0. The smallest absolute Gasteiger partial charge is 0.410 e. The van der Waals surface area contributed by atoms with Gasteiger partial charge in [-0.1, -0.05) is 16.6 Å². The molecule has 0 N–H and O–H groups in total. The Labute approximate surface area is 193 Å². The average molecular weight is 480 g/mol. The lowest BCUT2D eigenvalue weighted by atomic mass is 9.99. The molecule has 1 amide bonds. The van der Waals surface area contributed by atoms with E-state index in [9.17, 15) is 23.3 Å². The molecule has 0 bridgehead atoms. The summed E-state index contributed by atoms with van der Waals surface area (Å²) in [7, 11) is -4.22. The molecule has 0 aromatic heterocycles. The van der Waals surface area contributed by atoms with E-state index >= 15 is 0 Å². The number of rotatable bonds is 8. The standard InChI is InChI=1S/C22H29N3O7S/c1-5-14-31-25(33(29,30)18-10-8-17(9-11-18)24(27)28)20-15-23(21(26)32-22(2,3)4)13-12-19(20)16-6-7-16/h5,8-12,16,20H,1,6-7,13-15H2,2-4H3. The van der Waals surface area contributed by atoms with Crippen LogP contribution in [0.2, 0.25) is 0 Å². The normalized spacial score (nSPS) is 19.2. The van der Waals surface area contributed by atoms with E-state index in [2.05, 4.69) is 6.58 Å². The van der Waals surface area contributed by atoms with Crippen LogP contribution in [0.3, 0.4) is 0 Å². The lowest BCUT2D eigenvalue weighted by molar-refractivity contribution is -0.384. The number of ether oxygens (including phenoxy) is 1. The number of nitro benzene ring substituents is 1. The van der Waals surface area contributed by atoms with Crippen LogP contribution in [-0.2, 0) is 19.6 Å². The molecule has 1 aliphatic heterocycles. The molecule has 1 saturated carbocycles. The first-order chi connectivity index (χ1) is 15.4. The summed E-state index contributed by atoms with van der Waals surface area (Å²) in [6, 6.07) is 3.84. The maximum atomic E-state index is 13.5. The minimum absolute atomic E-state index is 0.0562. The minimum Gasteiger partial charge on any atom is -0.444 e. The van der Waals surface area contributed by atoms with E-state index < -0.39 is 32.7 Å². The molecular formula is C22H29N3O7S. The van der Waals surface area contributed by atoms with Gasteiger partial charge in [0.2, 0.25) is 0 Å². The Morgan fingerprint density at radius 3 is 2.45 bits per heavy atom. The molecule has 33 heavy (non-hydrogen) atoms. The molecule has 11 heteroatoms. The van der Waals surface area contributed by atoms with Gasteiger partial charge in [0.15, 0.2) is 0 Å². The molecule has 3 rings (SSSR count). The van der Waals surface area contributed by atoms with Crippen molar-refractivity contribution in [3.8, 4) is 0 Å². The molecule has 1 aliphatic carbocycles. The quantitative estimate of drug-likeness (QED) is 0.317. The summed E-state index contributed by atoms with van der Waals surface area (Å²) < 4.78 is 33.5. The maximum Gasteiger partial charge on any atom is 0.410 e. The van der Waals surface area contributed by atoms with Crippen LogP contribution in [0.15, 0.2) is 53.5 Å². The topological polar surface area (TPSA) is 119 Å². The van der Waals surface area contributed by atoms with Gasteiger partial charge in [0, 0.05) is 25.2 Å². The van der Waals surface area contributed by atoms with Crippen molar-refractivity contribution < 1.29 is 27.7 Å². The zero-order valence-electron chi connectivity index (χ0n) is 19.0. The minimum atomic E-state index is -4.22. The Hall–Kier alpha value is -2.76. The van der Waals surface area contributed by atoms with Crippen LogP contribution in [0.1, 0.15) is 33.6 Å². The number of nitro groups is 1. The largest absolute Gasteiger partial charge is 0.444 e. The predicted octanol–water partition coefficient (Wildman–Crippen LogP) is 3.66. The Morgan fingerprint density at radius 2 is 1.94 bits per heavy atom. The van der Waals surface area contributed by atoms with Gasteiger partial charge < -0.3 is 9.64 Å². The van der Waals surface area contributed by atoms with Gasteiger partial charge in [-0.3, -0.25) is 15.0 Å². The number of hydroxylamine groups is 1. The third-order valence-electron chi connectivity index (χ3n) is 5.18. The Bertz CT molecular complexity index is 1040. The van der Waals surface area contributed by atoms with Crippen molar-refractivity contribution in [1.29, 1.82) is 0 Å². The third-order valence-corrected chi connectivity index (χ3v) is 6.88. The fourth-order valence-electron chi connectivity index (χ4n) is 3.56. The number of nitrogens with zero attached hydrogens (tertiary/aromatic N) is 3. The Morgan fingerprint density at radius 1 is 1.30 bits per heavy atom. The highest BCUT2D eigenvalue weighted by atomic mass is 32.2. The molecule has 1 atom stereocenters. The molecular weight excluding hydrogens is 450 g/mol. The Kier molecular flexibility index (Phi) is 7.25. The summed E-state index contributed by atoms with van der Waals surface area (Å²) in [5, 5.41) is 11.0. The van der Waals surface area contributed by atoms with Crippen molar-refractivity contribution in [3.63, 3.8) is 0 Å². The fourth-order valence-corrected chi connectivity index (χ4v) is 4.97. The van der Waals surface area contributed by atoms with Crippen LogP contribution < -0.4 is 0 Å². The molecule has 10 nitrogen and oxygen atoms in total. The van der Waals surface area contributed by atoms with E-state index in [1.54, 1.807) is 20.8 Å². The van der Waals surface area contributed by atoms with Crippen LogP contribution >= 0.6 is 0 Å². The summed E-state index contributed by atoms with van der Waals surface area (Å²) in [4.78, 5) is 30.0. The fraction of sp³-hybridized carbons (Fsp3) is 0.500. The molecule has 1 aromatic rings. The number of benzene rings is 1. The van der Waals surface area contributed by atoms with Crippen LogP contribution in [0.4, 0.5) is 10.5 Å². The zero-order chi connectivity index (χ0) is 24.4. The first-order valence-corrected chi connectivity index (χ1v) is 12.1. The molecule has 1 heterocycles. The van der Waals surface area contributed by atoms with Crippen LogP contribution in [0.5, 0.6) is 0 Å². The summed E-state index contributed by atoms with van der Waals surface area (Å²) in [5.74, 6) is 0.220. The van der Waals surface area contributed by atoms with Crippen molar-refractivity contribution in [2.45, 2.75) is 50.2 Å². The molecule has 0 radical (unpaired) electrons. The highest BCUT2D eigenvalue weighted by molar-refractivity contribution is 7.89. The van der Waals surface area contributed by atoms with Gasteiger partial charge in [-0.15, -0.1) is 6.58 Å². The number of hydrogen-bond donors (Lipinski definition) is 0. The third kappa shape index (κ3) is 5.98. The zero-order valence-corrected chi connectivity index (χ0v) is 19.8. The lowest BCUT2D eigenvalue weighted by Gasteiger charge is -2.38. The second-order valence-electron chi connectivity index (χ2n) is 8.98. The van der Waals surface area contributed by atoms with E-state index in [1.807, 2.05) is 6.08 Å². The first-order valence-electron chi connectivity index (χ1n) is 10.6. The number of carbonyl (C=O) groups excluding carboxylic acids is 1. The molecule has 0 spiro atoms. The van der Waals surface area contributed by atoms with E-state index in [0.717, 1.165) is 35.0 Å². The second-order valence-corrected chi connectivity index (χ2v) is 10.8. The van der Waals surface area contributed by atoms with E-state index in [-0.39, 0.29) is 29.7 Å². The molecule has 1 aromatic carbocycles. The highest BCUT2D eigenvalue weighted by Crippen LogP contribution is 2.42. The average Bonchev–Trinajstić information content (AvgIpc) is 3.58. The van der Waals surface area contributed by atoms with Gasteiger partial charge in [-0.25, -0.2) is 13.2 Å². The predicted molar refractivity (Wildman–Crippen MR) is 121 cm³/mol. The van der Waals surface area contributed by atoms with E-state index in [0.29, 0.717) is 6.54 Å². The maximum absolute atomic E-state index is 13.5. The summed E-state index contributed by atoms with van der Waals surface area (Å²) in [6.45, 7) is 9.16. The summed E-state index contributed by atoms with van der Waals surface area (Å²) in [6.07, 6.45) is 4.61. The monoisotopic (exact) mass is 479 g/mol. The highest BCUT2D eigenvalue weighted by Gasteiger charge is 2.43. The number of amides is 1. The molecule has 2 aliphatic rings. The van der Waals surface area contributed by atoms with Crippen molar-refractivity contribution in [3.05, 3.63) is 58.7 Å². The lowest BCUT2D eigenvalue weighted by Crippen LogP contribution is -2.52. The van der Waals surface area contributed by atoms with Crippen molar-refractivity contribution in [1.82, 2.24) is 9.37 Å². The molecule has 1 fully saturated rings. The number of carbonyl (C=O) groups is 1. The molecule has 180 valence electrons. The van der Waals surface area contributed by atoms with E-state index in [1.165, 1.54) is 23.1 Å².